The van der Waals surface area contributed by atoms with E-state index in [1.165, 1.54) is 11.3 Å². The van der Waals surface area contributed by atoms with Gasteiger partial charge in [0.15, 0.2) is 5.78 Å². The van der Waals surface area contributed by atoms with Crippen LogP contribution in [0.5, 0.6) is 5.75 Å². The lowest BCUT2D eigenvalue weighted by Gasteiger charge is -2.22. The summed E-state index contributed by atoms with van der Waals surface area (Å²) in [5.74, 6) is 0.0636. The minimum Gasteiger partial charge on any atom is -0.497 e. The second-order valence-electron chi connectivity index (χ2n) is 7.21. The first kappa shape index (κ1) is 19.1. The van der Waals surface area contributed by atoms with Gasteiger partial charge in [-0.25, -0.2) is 4.79 Å². The highest BCUT2D eigenvalue weighted by Crippen LogP contribution is 2.32. The van der Waals surface area contributed by atoms with Crippen molar-refractivity contribution < 1.29 is 19.1 Å². The monoisotopic (exact) mass is 408 g/mol. The van der Waals surface area contributed by atoms with E-state index < -0.39 is 17.5 Å². The molecule has 1 N–H and O–H groups in total. The van der Waals surface area contributed by atoms with Gasteiger partial charge in [-0.1, -0.05) is 18.2 Å². The molecule has 3 aromatic rings. The lowest BCUT2D eigenvalue weighted by Crippen LogP contribution is -2.41. The number of rotatable bonds is 5. The number of nitrogens with one attached hydrogen (secondary N) is 1. The maximum Gasteiger partial charge on any atom is 0.325 e. The summed E-state index contributed by atoms with van der Waals surface area (Å²) in [7, 11) is 1.61. The minimum atomic E-state index is -1.23. The van der Waals surface area contributed by atoms with E-state index in [0.717, 1.165) is 26.3 Å². The van der Waals surface area contributed by atoms with Gasteiger partial charge >= 0.3 is 6.03 Å². The van der Waals surface area contributed by atoms with E-state index in [-0.39, 0.29) is 12.3 Å². The Labute approximate surface area is 172 Å². The SMILES string of the molecule is COc1ccc2cc([C@@]3(C)NC(=O)N(CC(=O)c4ccc(C)s4)C3=O)ccc2c1. The Balaban J connectivity index is 1.62. The van der Waals surface area contributed by atoms with Gasteiger partial charge in [0, 0.05) is 4.88 Å². The molecule has 0 aliphatic carbocycles. The number of Topliss-reactive ketones (excluding diaryl/α,β-unsaturated/α-hetero) is 1. The molecule has 6 nitrogen and oxygen atoms in total. The Morgan fingerprint density at radius 2 is 1.83 bits per heavy atom. The average molecular weight is 408 g/mol. The maximum atomic E-state index is 13.1. The normalized spacial score (nSPS) is 18.9. The van der Waals surface area contributed by atoms with E-state index in [1.807, 2.05) is 49.4 Å². The quantitative estimate of drug-likeness (QED) is 0.514. The average Bonchev–Trinajstić information content (AvgIpc) is 3.24. The lowest BCUT2D eigenvalue weighted by molar-refractivity contribution is -0.130. The fourth-order valence-electron chi connectivity index (χ4n) is 3.50. The maximum absolute atomic E-state index is 13.1. The fraction of sp³-hybridized carbons (Fsp3) is 0.227. The van der Waals surface area contributed by atoms with Gasteiger partial charge in [-0.15, -0.1) is 11.3 Å². The molecule has 148 valence electrons. The molecule has 1 atom stereocenters. The van der Waals surface area contributed by atoms with Crippen LogP contribution in [0, 0.1) is 6.92 Å². The molecule has 0 radical (unpaired) electrons. The van der Waals surface area contributed by atoms with Gasteiger partial charge in [-0.2, -0.15) is 0 Å². The van der Waals surface area contributed by atoms with E-state index in [0.29, 0.717) is 10.4 Å². The second-order valence-corrected chi connectivity index (χ2v) is 8.50. The van der Waals surface area contributed by atoms with Gasteiger partial charge in [-0.3, -0.25) is 14.5 Å². The van der Waals surface area contributed by atoms with Crippen molar-refractivity contribution in [2.24, 2.45) is 0 Å². The predicted molar refractivity (Wildman–Crippen MR) is 111 cm³/mol. The highest BCUT2D eigenvalue weighted by molar-refractivity contribution is 7.14. The zero-order valence-electron chi connectivity index (χ0n) is 16.3. The highest BCUT2D eigenvalue weighted by Gasteiger charge is 2.49. The number of imide groups is 1. The van der Waals surface area contributed by atoms with Crippen molar-refractivity contribution in [3.05, 3.63) is 63.8 Å². The van der Waals surface area contributed by atoms with Crippen LogP contribution in [0.4, 0.5) is 4.79 Å². The molecule has 0 unspecified atom stereocenters. The number of benzene rings is 2. The van der Waals surface area contributed by atoms with Crippen LogP contribution in [0.25, 0.3) is 10.8 Å². The standard InChI is InChI=1S/C22H20N2O4S/c1-13-4-9-19(29-13)18(25)12-24-20(26)22(2,23-21(24)27)16-7-5-15-11-17(28-3)8-6-14(15)10-16/h4-11H,12H2,1-3H3,(H,23,27)/t22-/m1/s1. The number of urea groups is 1. The molecule has 0 saturated carbocycles. The molecule has 7 heteroatoms. The third kappa shape index (κ3) is 3.27. The molecule has 0 bridgehead atoms. The second kappa shape index (κ2) is 7.00. The molecule has 1 aromatic heterocycles. The number of carbonyl (C=O) groups is 3. The van der Waals surface area contributed by atoms with Crippen molar-refractivity contribution in [2.75, 3.05) is 13.7 Å². The molecule has 2 heterocycles. The molecule has 1 aliphatic rings. The number of thiophene rings is 1. The molecule has 1 saturated heterocycles. The van der Waals surface area contributed by atoms with Crippen LogP contribution in [0.2, 0.25) is 0 Å². The zero-order chi connectivity index (χ0) is 20.8. The summed E-state index contributed by atoms with van der Waals surface area (Å²) in [6.07, 6.45) is 0. The van der Waals surface area contributed by atoms with E-state index in [9.17, 15) is 14.4 Å². The number of ketones is 1. The number of aryl methyl sites for hydroxylation is 1. The number of fused-ring (bicyclic) bond motifs is 1. The summed E-state index contributed by atoms with van der Waals surface area (Å²) < 4.78 is 5.24. The van der Waals surface area contributed by atoms with E-state index in [2.05, 4.69) is 5.32 Å². The van der Waals surface area contributed by atoms with Crippen LogP contribution in [-0.2, 0) is 10.3 Å². The first-order valence-corrected chi connectivity index (χ1v) is 9.95. The molecule has 4 rings (SSSR count). The Bertz CT molecular complexity index is 1150. The topological polar surface area (TPSA) is 75.7 Å². The molecule has 2 aromatic carbocycles. The molecule has 1 fully saturated rings. The first-order chi connectivity index (χ1) is 13.8. The fourth-order valence-corrected chi connectivity index (χ4v) is 4.30. The van der Waals surface area contributed by atoms with Gasteiger partial charge in [0.05, 0.1) is 18.5 Å². The minimum absolute atomic E-state index is 0.249. The van der Waals surface area contributed by atoms with Crippen LogP contribution in [-0.4, -0.2) is 36.3 Å². The number of amides is 3. The summed E-state index contributed by atoms with van der Waals surface area (Å²) in [4.78, 5) is 40.7. The summed E-state index contributed by atoms with van der Waals surface area (Å²) >= 11 is 1.35. The molecule has 1 aliphatic heterocycles. The van der Waals surface area contributed by atoms with Gasteiger partial charge < -0.3 is 10.1 Å². The number of methoxy groups -OCH3 is 1. The third-order valence-corrected chi connectivity index (χ3v) is 6.26. The van der Waals surface area contributed by atoms with Crippen LogP contribution in [0.3, 0.4) is 0 Å². The van der Waals surface area contributed by atoms with Gasteiger partial charge in [0.1, 0.15) is 11.3 Å². The van der Waals surface area contributed by atoms with Gasteiger partial charge in [0.2, 0.25) is 0 Å². The van der Waals surface area contributed by atoms with Crippen LogP contribution in [0.1, 0.15) is 27.0 Å². The van der Waals surface area contributed by atoms with Crippen LogP contribution < -0.4 is 10.1 Å². The number of hydrogen-bond donors (Lipinski definition) is 1. The van der Waals surface area contributed by atoms with Gasteiger partial charge in [-0.05, 0) is 60.5 Å². The Hall–Kier alpha value is -3.19. The summed E-state index contributed by atoms with van der Waals surface area (Å²) in [6, 6.07) is 14.2. The van der Waals surface area contributed by atoms with E-state index >= 15 is 0 Å². The lowest BCUT2D eigenvalue weighted by atomic mass is 9.90. The predicted octanol–water partition coefficient (Wildman–Crippen LogP) is 3.87. The molecular weight excluding hydrogens is 388 g/mol. The largest absolute Gasteiger partial charge is 0.497 e. The van der Waals surface area contributed by atoms with Crippen molar-refractivity contribution in [3.63, 3.8) is 0 Å². The summed E-state index contributed by atoms with van der Waals surface area (Å²) in [6.45, 7) is 3.30. The number of ether oxygens (including phenoxy) is 1. The number of carbonyl (C=O) groups excluding carboxylic acids is 3. The summed E-state index contributed by atoms with van der Waals surface area (Å²) in [5.41, 5.74) is -0.563. The Kier molecular flexibility index (Phi) is 4.62. The van der Waals surface area contributed by atoms with Crippen molar-refractivity contribution >= 4 is 39.8 Å². The van der Waals surface area contributed by atoms with Crippen molar-refractivity contribution in [2.45, 2.75) is 19.4 Å². The first-order valence-electron chi connectivity index (χ1n) is 9.14. The summed E-state index contributed by atoms with van der Waals surface area (Å²) in [5, 5.41) is 4.65. The zero-order valence-corrected chi connectivity index (χ0v) is 17.1. The van der Waals surface area contributed by atoms with Crippen LogP contribution >= 0.6 is 11.3 Å². The Morgan fingerprint density at radius 1 is 1.10 bits per heavy atom. The van der Waals surface area contributed by atoms with Crippen molar-refractivity contribution in [1.82, 2.24) is 10.2 Å². The Morgan fingerprint density at radius 3 is 2.52 bits per heavy atom. The third-order valence-electron chi connectivity index (χ3n) is 5.22. The molecular formula is C22H20N2O4S. The molecule has 3 amide bonds. The van der Waals surface area contributed by atoms with E-state index in [1.54, 1.807) is 20.1 Å². The number of nitrogens with zero attached hydrogens (tertiary/aromatic N) is 1. The van der Waals surface area contributed by atoms with Crippen molar-refractivity contribution in [1.29, 1.82) is 0 Å². The molecule has 0 spiro atoms. The van der Waals surface area contributed by atoms with Crippen LogP contribution in [0.15, 0.2) is 48.5 Å². The number of hydrogen-bond acceptors (Lipinski definition) is 5. The van der Waals surface area contributed by atoms with Crippen molar-refractivity contribution in [3.8, 4) is 5.75 Å². The molecule has 29 heavy (non-hydrogen) atoms. The smallest absolute Gasteiger partial charge is 0.325 e. The van der Waals surface area contributed by atoms with Gasteiger partial charge in [0.25, 0.3) is 5.91 Å². The highest BCUT2D eigenvalue weighted by atomic mass is 32.1. The van der Waals surface area contributed by atoms with E-state index in [4.69, 9.17) is 4.74 Å².